The van der Waals surface area contributed by atoms with Crippen molar-refractivity contribution < 1.29 is 14.3 Å². The average Bonchev–Trinajstić information content (AvgIpc) is 3.25. The Bertz CT molecular complexity index is 1300. The van der Waals surface area contributed by atoms with Gasteiger partial charge in [0.15, 0.2) is 0 Å². The Morgan fingerprint density at radius 1 is 1.06 bits per heavy atom. The number of fused-ring (bicyclic) bond motifs is 2. The molecule has 0 radical (unpaired) electrons. The van der Waals surface area contributed by atoms with Crippen LogP contribution in [0.2, 0.25) is 0 Å². The Morgan fingerprint density at radius 3 is 2.69 bits per heavy atom. The van der Waals surface area contributed by atoms with Crippen LogP contribution in [0.1, 0.15) is 21.5 Å². The fraction of sp³-hybridized carbons (Fsp3) is 0.200. The van der Waals surface area contributed by atoms with E-state index in [2.05, 4.69) is 22.1 Å². The number of amides is 1. The minimum atomic E-state index is 0.0590. The molecule has 0 fully saturated rings. The van der Waals surface area contributed by atoms with Gasteiger partial charge in [-0.15, -0.1) is 0 Å². The van der Waals surface area contributed by atoms with Gasteiger partial charge in [-0.25, -0.2) is 0 Å². The number of ether oxygens (including phenoxy) is 2. The SMILES string of the molecule is COc1cc2c(cc1OC)CN(C(=O)c1cccc([Se]c3c[nH]c4ncccc34)c1)CC2. The van der Waals surface area contributed by atoms with Gasteiger partial charge >= 0.3 is 193 Å². The molecule has 2 aromatic heterocycles. The van der Waals surface area contributed by atoms with Crippen molar-refractivity contribution in [3.05, 3.63) is 77.6 Å². The first-order valence-electron chi connectivity index (χ1n) is 10.4. The third-order valence-electron chi connectivity index (χ3n) is 5.73. The summed E-state index contributed by atoms with van der Waals surface area (Å²) in [6, 6.07) is 16.0. The van der Waals surface area contributed by atoms with Crippen LogP contribution in [0.25, 0.3) is 11.0 Å². The van der Waals surface area contributed by atoms with Crippen molar-refractivity contribution in [3.8, 4) is 11.5 Å². The Kier molecular flexibility index (Phi) is 5.60. The zero-order valence-electron chi connectivity index (χ0n) is 17.9. The summed E-state index contributed by atoms with van der Waals surface area (Å²) >= 11 is 0.0794. The molecular formula is C25H23N3O3Se. The second-order valence-electron chi connectivity index (χ2n) is 7.63. The number of pyridine rings is 1. The summed E-state index contributed by atoms with van der Waals surface area (Å²) in [6.45, 7) is 1.25. The van der Waals surface area contributed by atoms with Gasteiger partial charge in [-0.05, 0) is 0 Å². The number of methoxy groups -OCH3 is 2. The summed E-state index contributed by atoms with van der Waals surface area (Å²) in [5.74, 6) is 1.48. The van der Waals surface area contributed by atoms with Crippen LogP contribution in [0.15, 0.2) is 60.9 Å². The van der Waals surface area contributed by atoms with Crippen LogP contribution in [0.3, 0.4) is 0 Å². The fourth-order valence-corrected chi connectivity index (χ4v) is 6.13. The van der Waals surface area contributed by atoms with Crippen LogP contribution in [0.5, 0.6) is 11.5 Å². The number of H-pyrrole nitrogens is 1. The Hall–Kier alpha value is -3.28. The number of rotatable bonds is 5. The second-order valence-corrected chi connectivity index (χ2v) is 9.98. The van der Waals surface area contributed by atoms with E-state index in [1.165, 1.54) is 10.0 Å². The number of carbonyl (C=O) groups excluding carboxylic acids is 1. The Morgan fingerprint density at radius 2 is 1.88 bits per heavy atom. The topological polar surface area (TPSA) is 67.5 Å². The molecule has 0 saturated heterocycles. The summed E-state index contributed by atoms with van der Waals surface area (Å²) < 4.78 is 13.3. The number of nitrogens with one attached hydrogen (secondary N) is 1. The fourth-order valence-electron chi connectivity index (χ4n) is 4.07. The van der Waals surface area contributed by atoms with Crippen molar-refractivity contribution in [3.63, 3.8) is 0 Å². The third-order valence-corrected chi connectivity index (χ3v) is 7.92. The molecule has 0 spiro atoms. The van der Waals surface area contributed by atoms with Crippen LogP contribution >= 0.6 is 0 Å². The zero-order chi connectivity index (χ0) is 22.1. The first-order chi connectivity index (χ1) is 15.7. The minimum absolute atomic E-state index is 0.0590. The van der Waals surface area contributed by atoms with Crippen molar-refractivity contribution in [1.82, 2.24) is 14.9 Å². The molecule has 7 heteroatoms. The van der Waals surface area contributed by atoms with Gasteiger partial charge in [-0.3, -0.25) is 0 Å². The number of benzene rings is 2. The van der Waals surface area contributed by atoms with Gasteiger partial charge in [-0.2, -0.15) is 0 Å². The van der Waals surface area contributed by atoms with E-state index in [-0.39, 0.29) is 20.9 Å². The molecule has 0 unspecified atom stereocenters. The molecule has 1 aliphatic heterocycles. The Labute approximate surface area is 192 Å². The monoisotopic (exact) mass is 493 g/mol. The van der Waals surface area contributed by atoms with Gasteiger partial charge in [0, 0.05) is 0 Å². The van der Waals surface area contributed by atoms with Gasteiger partial charge in [0.05, 0.1) is 0 Å². The maximum absolute atomic E-state index is 13.3. The van der Waals surface area contributed by atoms with Crippen LogP contribution in [-0.4, -0.2) is 56.5 Å². The number of aromatic nitrogens is 2. The summed E-state index contributed by atoms with van der Waals surface area (Å²) in [6.07, 6.45) is 4.61. The van der Waals surface area contributed by atoms with Crippen molar-refractivity contribution in [2.75, 3.05) is 20.8 Å². The van der Waals surface area contributed by atoms with Gasteiger partial charge in [-0.1, -0.05) is 0 Å². The number of hydrogen-bond donors (Lipinski definition) is 1. The van der Waals surface area contributed by atoms with Crippen molar-refractivity contribution in [2.45, 2.75) is 13.0 Å². The van der Waals surface area contributed by atoms with Crippen molar-refractivity contribution in [2.24, 2.45) is 0 Å². The molecule has 3 heterocycles. The summed E-state index contributed by atoms with van der Waals surface area (Å²) in [4.78, 5) is 22.8. The number of hydrogen-bond acceptors (Lipinski definition) is 4. The van der Waals surface area contributed by atoms with Crippen LogP contribution in [0.4, 0.5) is 0 Å². The number of aromatic amines is 1. The average molecular weight is 492 g/mol. The van der Waals surface area contributed by atoms with E-state index in [1.54, 1.807) is 20.4 Å². The van der Waals surface area contributed by atoms with Crippen molar-refractivity contribution >= 4 is 40.8 Å². The molecule has 0 aliphatic carbocycles. The van der Waals surface area contributed by atoms with E-state index in [0.29, 0.717) is 18.8 Å². The second kappa shape index (κ2) is 8.69. The molecule has 1 amide bonds. The molecule has 4 aromatic rings. The first kappa shape index (κ1) is 20.6. The third kappa shape index (κ3) is 3.85. The number of carbonyl (C=O) groups is 1. The van der Waals surface area contributed by atoms with E-state index in [1.807, 2.05) is 47.5 Å². The normalized spacial score (nSPS) is 13.1. The van der Waals surface area contributed by atoms with Crippen LogP contribution in [0, 0.1) is 0 Å². The predicted molar refractivity (Wildman–Crippen MR) is 126 cm³/mol. The summed E-state index contributed by atoms with van der Waals surface area (Å²) in [7, 11) is 3.27. The van der Waals surface area contributed by atoms with Crippen LogP contribution in [-0.2, 0) is 13.0 Å². The molecule has 0 saturated carbocycles. The van der Waals surface area contributed by atoms with Gasteiger partial charge in [0.1, 0.15) is 0 Å². The summed E-state index contributed by atoms with van der Waals surface area (Å²) in [5.41, 5.74) is 3.94. The summed E-state index contributed by atoms with van der Waals surface area (Å²) in [5, 5.41) is 1.14. The molecule has 1 N–H and O–H groups in total. The van der Waals surface area contributed by atoms with E-state index in [0.717, 1.165) is 38.8 Å². The van der Waals surface area contributed by atoms with E-state index in [4.69, 9.17) is 9.47 Å². The predicted octanol–water partition coefficient (Wildman–Crippen LogP) is 2.43. The molecule has 5 rings (SSSR count). The molecule has 2 aromatic carbocycles. The molecule has 162 valence electrons. The molecule has 32 heavy (non-hydrogen) atoms. The first-order valence-corrected chi connectivity index (χ1v) is 12.1. The quantitative estimate of drug-likeness (QED) is 0.435. The Balaban J connectivity index is 1.36. The van der Waals surface area contributed by atoms with E-state index in [9.17, 15) is 4.79 Å². The molecular weight excluding hydrogens is 469 g/mol. The molecule has 0 atom stereocenters. The zero-order valence-corrected chi connectivity index (χ0v) is 19.6. The van der Waals surface area contributed by atoms with E-state index < -0.39 is 0 Å². The molecule has 0 bridgehead atoms. The van der Waals surface area contributed by atoms with Gasteiger partial charge in [0.25, 0.3) is 0 Å². The number of nitrogens with zero attached hydrogens (tertiary/aromatic N) is 2. The van der Waals surface area contributed by atoms with Gasteiger partial charge < -0.3 is 0 Å². The van der Waals surface area contributed by atoms with E-state index >= 15 is 0 Å². The molecule has 1 aliphatic rings. The standard InChI is InChI=1S/C25H23N3O3Se/c1-30-21-12-16-8-10-28(15-18(16)13-22(21)31-2)25(29)17-5-3-6-19(11-17)32-23-14-27-24-20(23)7-4-9-26-24/h3-7,9,11-14H,8,10,15H2,1-2H3,(H,26,27). The maximum atomic E-state index is 13.3. The van der Waals surface area contributed by atoms with Crippen molar-refractivity contribution in [1.29, 1.82) is 0 Å². The van der Waals surface area contributed by atoms with Gasteiger partial charge in [0.2, 0.25) is 0 Å². The van der Waals surface area contributed by atoms with Crippen LogP contribution < -0.4 is 18.4 Å². The molecule has 6 nitrogen and oxygen atoms in total.